The molecule has 4 rings (SSSR count). The van der Waals surface area contributed by atoms with Crippen LogP contribution in [-0.4, -0.2) is 48.8 Å². The van der Waals surface area contributed by atoms with Gasteiger partial charge in [0, 0.05) is 54.2 Å². The Kier molecular flexibility index (Phi) is 8.78. The number of carbonyl (C=O) groups excluding carboxylic acids is 1. The summed E-state index contributed by atoms with van der Waals surface area (Å²) in [5, 5.41) is 1.64. The molecule has 0 spiro atoms. The Morgan fingerprint density at radius 3 is 2.26 bits per heavy atom. The summed E-state index contributed by atoms with van der Waals surface area (Å²) in [6.07, 6.45) is 5.80. The smallest absolute Gasteiger partial charge is 0.168 e. The van der Waals surface area contributed by atoms with Gasteiger partial charge in [0.15, 0.2) is 33.9 Å². The van der Waals surface area contributed by atoms with Gasteiger partial charge < -0.3 is 23.5 Å². The molecular formula is C29H33N3O5S. The Balaban J connectivity index is 2.04. The van der Waals surface area contributed by atoms with Crippen molar-refractivity contribution in [2.75, 3.05) is 28.4 Å². The molecule has 0 saturated heterocycles. The largest absolute Gasteiger partial charge is 0.493 e. The maximum atomic E-state index is 13.9. The molecule has 200 valence electrons. The Bertz CT molecular complexity index is 1450. The van der Waals surface area contributed by atoms with Crippen LogP contribution < -0.4 is 18.9 Å². The van der Waals surface area contributed by atoms with Crippen LogP contribution in [0, 0.1) is 0 Å². The van der Waals surface area contributed by atoms with Gasteiger partial charge in [0.1, 0.15) is 0 Å². The third-order valence-electron chi connectivity index (χ3n) is 6.39. The SMILES string of the molecule is CCCCC(=O)c1c(CSc2nccn2C)nc2cc(OC)c(OC)cc2c1-c1ccc(OC)c(OC)c1. The molecule has 0 fully saturated rings. The second-order valence-electron chi connectivity index (χ2n) is 8.74. The number of nitrogens with zero attached hydrogens (tertiary/aromatic N) is 3. The molecule has 0 aliphatic heterocycles. The van der Waals surface area contributed by atoms with Crippen molar-refractivity contribution in [2.45, 2.75) is 37.1 Å². The summed E-state index contributed by atoms with van der Waals surface area (Å²) in [7, 11) is 8.34. The first-order valence-electron chi connectivity index (χ1n) is 12.4. The molecule has 2 aromatic carbocycles. The summed E-state index contributed by atoms with van der Waals surface area (Å²) in [4.78, 5) is 23.3. The first-order valence-corrected chi connectivity index (χ1v) is 13.4. The molecule has 0 bridgehead atoms. The lowest BCUT2D eigenvalue weighted by Crippen LogP contribution is -2.10. The maximum absolute atomic E-state index is 13.9. The number of fused-ring (bicyclic) bond motifs is 1. The number of pyridine rings is 1. The molecular weight excluding hydrogens is 502 g/mol. The number of rotatable bonds is 12. The first kappa shape index (κ1) is 27.3. The van der Waals surface area contributed by atoms with Gasteiger partial charge in [-0.15, -0.1) is 0 Å². The monoisotopic (exact) mass is 535 g/mol. The summed E-state index contributed by atoms with van der Waals surface area (Å²) < 4.78 is 24.2. The molecule has 2 heterocycles. The lowest BCUT2D eigenvalue weighted by atomic mass is 9.90. The summed E-state index contributed by atoms with van der Waals surface area (Å²) >= 11 is 1.54. The van der Waals surface area contributed by atoms with Crippen LogP contribution in [0.4, 0.5) is 0 Å². The topological polar surface area (TPSA) is 84.7 Å². The van der Waals surface area contributed by atoms with E-state index in [4.69, 9.17) is 23.9 Å². The van der Waals surface area contributed by atoms with E-state index in [1.807, 2.05) is 48.1 Å². The van der Waals surface area contributed by atoms with Crippen LogP contribution >= 0.6 is 11.8 Å². The van der Waals surface area contributed by atoms with Crippen molar-refractivity contribution in [2.24, 2.45) is 7.05 Å². The molecule has 2 aromatic heterocycles. The normalized spacial score (nSPS) is 11.0. The molecule has 0 radical (unpaired) electrons. The van der Waals surface area contributed by atoms with Gasteiger partial charge >= 0.3 is 0 Å². The number of benzene rings is 2. The fourth-order valence-electron chi connectivity index (χ4n) is 4.42. The van der Waals surface area contributed by atoms with Crippen LogP contribution in [0.15, 0.2) is 47.9 Å². The second kappa shape index (κ2) is 12.2. The number of hydrogen-bond acceptors (Lipinski definition) is 8. The van der Waals surface area contributed by atoms with Crippen molar-refractivity contribution in [3.63, 3.8) is 0 Å². The van der Waals surface area contributed by atoms with E-state index in [-0.39, 0.29) is 5.78 Å². The lowest BCUT2D eigenvalue weighted by molar-refractivity contribution is 0.0979. The van der Waals surface area contributed by atoms with Crippen LogP contribution in [0.5, 0.6) is 23.0 Å². The number of methoxy groups -OCH3 is 4. The highest BCUT2D eigenvalue weighted by atomic mass is 32.2. The Hall–Kier alpha value is -3.72. The molecule has 0 N–H and O–H groups in total. The number of hydrogen-bond donors (Lipinski definition) is 0. The third-order valence-corrected chi connectivity index (χ3v) is 7.46. The number of unbranched alkanes of at least 4 members (excludes halogenated alkanes) is 1. The molecule has 9 heteroatoms. The van der Waals surface area contributed by atoms with Crippen LogP contribution in [0.2, 0.25) is 0 Å². The number of thioether (sulfide) groups is 1. The number of Topliss-reactive ketones (excluding diaryl/α,β-unsaturated/α-hetero) is 1. The number of ketones is 1. The highest BCUT2D eigenvalue weighted by Gasteiger charge is 2.25. The molecule has 4 aromatic rings. The quantitative estimate of drug-likeness (QED) is 0.154. The van der Waals surface area contributed by atoms with Crippen molar-refractivity contribution in [1.29, 1.82) is 0 Å². The van der Waals surface area contributed by atoms with E-state index in [1.165, 1.54) is 0 Å². The lowest BCUT2D eigenvalue weighted by Gasteiger charge is -2.19. The summed E-state index contributed by atoms with van der Waals surface area (Å²) in [5.74, 6) is 2.84. The number of carbonyl (C=O) groups is 1. The standard InChI is InChI=1S/C29H33N3O5S/c1-7-8-9-22(33)28-21(17-38-29-30-12-13-32(29)2)31-20-16-26(37-6)25(36-5)15-19(20)27(28)18-10-11-23(34-3)24(14-18)35-4/h10-16H,7-9,17H2,1-6H3. The van der Waals surface area contributed by atoms with E-state index < -0.39 is 0 Å². The maximum Gasteiger partial charge on any atom is 0.168 e. The van der Waals surface area contributed by atoms with Crippen molar-refractivity contribution in [1.82, 2.24) is 14.5 Å². The van der Waals surface area contributed by atoms with E-state index in [0.29, 0.717) is 51.9 Å². The highest BCUT2D eigenvalue weighted by Crippen LogP contribution is 2.42. The molecule has 0 aliphatic rings. The van der Waals surface area contributed by atoms with Gasteiger partial charge in [0.2, 0.25) is 0 Å². The Morgan fingerprint density at radius 2 is 1.63 bits per heavy atom. The fourth-order valence-corrected chi connectivity index (χ4v) is 5.30. The van der Waals surface area contributed by atoms with E-state index in [1.54, 1.807) is 46.4 Å². The number of aromatic nitrogens is 3. The molecule has 8 nitrogen and oxygen atoms in total. The second-order valence-corrected chi connectivity index (χ2v) is 9.68. The molecule has 38 heavy (non-hydrogen) atoms. The van der Waals surface area contributed by atoms with Gasteiger partial charge in [-0.1, -0.05) is 31.2 Å². The van der Waals surface area contributed by atoms with Gasteiger partial charge in [-0.25, -0.2) is 4.98 Å². The van der Waals surface area contributed by atoms with Crippen molar-refractivity contribution in [3.8, 4) is 34.1 Å². The van der Waals surface area contributed by atoms with Crippen LogP contribution in [0.25, 0.3) is 22.0 Å². The highest BCUT2D eigenvalue weighted by molar-refractivity contribution is 7.98. The van der Waals surface area contributed by atoms with Gasteiger partial charge in [0.25, 0.3) is 0 Å². The van der Waals surface area contributed by atoms with Crippen molar-refractivity contribution in [3.05, 3.63) is 54.0 Å². The van der Waals surface area contributed by atoms with Crippen molar-refractivity contribution < 1.29 is 23.7 Å². The van der Waals surface area contributed by atoms with Gasteiger partial charge in [-0.05, 0) is 30.2 Å². The molecule has 0 atom stereocenters. The zero-order valence-electron chi connectivity index (χ0n) is 22.7. The van der Waals surface area contributed by atoms with E-state index >= 15 is 0 Å². The molecule has 0 saturated carbocycles. The van der Waals surface area contributed by atoms with Gasteiger partial charge in [-0.3, -0.25) is 9.78 Å². The first-order chi connectivity index (χ1) is 18.4. The van der Waals surface area contributed by atoms with Gasteiger partial charge in [0.05, 0.1) is 39.6 Å². The predicted octanol–water partition coefficient (Wildman–Crippen LogP) is 6.33. The van der Waals surface area contributed by atoms with E-state index in [0.717, 1.165) is 34.5 Å². The van der Waals surface area contributed by atoms with Crippen LogP contribution in [-0.2, 0) is 12.8 Å². The predicted molar refractivity (Wildman–Crippen MR) is 150 cm³/mol. The minimum absolute atomic E-state index is 0.0521. The van der Waals surface area contributed by atoms with Crippen molar-refractivity contribution >= 4 is 28.4 Å². The minimum Gasteiger partial charge on any atom is -0.493 e. The van der Waals surface area contributed by atoms with Crippen LogP contribution in [0.1, 0.15) is 42.2 Å². The molecule has 0 amide bonds. The average molecular weight is 536 g/mol. The number of ether oxygens (including phenoxy) is 4. The average Bonchev–Trinajstić information content (AvgIpc) is 3.36. The van der Waals surface area contributed by atoms with Crippen LogP contribution in [0.3, 0.4) is 0 Å². The van der Waals surface area contributed by atoms with Gasteiger partial charge in [-0.2, -0.15) is 0 Å². The number of imidazole rings is 1. The third kappa shape index (κ3) is 5.43. The summed E-state index contributed by atoms with van der Waals surface area (Å²) in [6, 6.07) is 9.44. The minimum atomic E-state index is 0.0521. The summed E-state index contributed by atoms with van der Waals surface area (Å²) in [5.41, 5.74) is 3.62. The zero-order chi connectivity index (χ0) is 27.2. The Morgan fingerprint density at radius 1 is 0.947 bits per heavy atom. The van der Waals surface area contributed by atoms with E-state index in [9.17, 15) is 4.79 Å². The number of aryl methyl sites for hydroxylation is 1. The summed E-state index contributed by atoms with van der Waals surface area (Å²) in [6.45, 7) is 2.08. The molecule has 0 aliphatic carbocycles. The molecule has 0 unspecified atom stereocenters. The van der Waals surface area contributed by atoms with E-state index in [2.05, 4.69) is 11.9 Å². The zero-order valence-corrected chi connectivity index (χ0v) is 23.5. The fraction of sp³-hybridized carbons (Fsp3) is 0.345. The Labute approximate surface area is 227 Å².